The van der Waals surface area contributed by atoms with Gasteiger partial charge in [-0.25, -0.2) is 0 Å². The minimum absolute atomic E-state index is 0.0129. The van der Waals surface area contributed by atoms with Crippen LogP contribution in [0.15, 0.2) is 71.1 Å². The van der Waals surface area contributed by atoms with Crippen molar-refractivity contribution in [2.24, 2.45) is 0 Å². The van der Waals surface area contributed by atoms with Gasteiger partial charge in [-0.15, -0.1) is 0 Å². The van der Waals surface area contributed by atoms with Gasteiger partial charge in [-0.05, 0) is 136 Å². The zero-order valence-corrected chi connectivity index (χ0v) is 38.7. The smallest absolute Gasteiger partial charge is 0.257 e. The molecule has 0 bridgehead atoms. The quantitative estimate of drug-likeness (QED) is 0.166. The summed E-state index contributed by atoms with van der Waals surface area (Å²) in [6.45, 7) is 35.7. The lowest BCUT2D eigenvalue weighted by atomic mass is 9.33. The Hall–Kier alpha value is -5.10. The lowest BCUT2D eigenvalue weighted by Crippen LogP contribution is -2.61. The van der Waals surface area contributed by atoms with Crippen molar-refractivity contribution in [2.75, 3.05) is 23.0 Å². The van der Waals surface area contributed by atoms with Gasteiger partial charge in [-0.1, -0.05) is 106 Å². The number of furan rings is 1. The summed E-state index contributed by atoms with van der Waals surface area (Å²) in [6, 6.07) is 26.1. The monoisotopic (exact) mass is 798 g/mol. The summed E-state index contributed by atoms with van der Waals surface area (Å²) in [5, 5.41) is 1.18. The molecule has 0 fully saturated rings. The standard InChI is InChI=1S/C54H63BN2O3/c1-30(2)35-26-42-47-43(27-35)57(48-31(3)23-38(24-32(48)4)54(13,14)15)51-46(39-28-36(52(7,8)9)18-20-44(39)60-51)55(47)40-29-37(53(10,11)12)17-19-41(40)56(42)49-33(5)25-45-50(34(49)6)59-22-16-21-58-45/h17-20,23-30H,16,21-22H2,1-15H3. The maximum absolute atomic E-state index is 7.30. The molecule has 60 heavy (non-hydrogen) atoms. The minimum Gasteiger partial charge on any atom is -0.490 e. The number of hydrogen-bond donors (Lipinski definition) is 0. The van der Waals surface area contributed by atoms with E-state index >= 15 is 0 Å². The maximum Gasteiger partial charge on any atom is 0.257 e. The Morgan fingerprint density at radius 2 is 1.17 bits per heavy atom. The highest BCUT2D eigenvalue weighted by atomic mass is 16.5. The summed E-state index contributed by atoms with van der Waals surface area (Å²) < 4.78 is 20.2. The normalized spacial score (nSPS) is 15.0. The fraction of sp³-hybridized carbons (Fsp3) is 0.407. The van der Waals surface area contributed by atoms with E-state index in [2.05, 4.69) is 180 Å². The van der Waals surface area contributed by atoms with E-state index < -0.39 is 0 Å². The van der Waals surface area contributed by atoms with E-state index in [1.807, 2.05) is 0 Å². The van der Waals surface area contributed by atoms with Crippen molar-refractivity contribution < 1.29 is 13.9 Å². The van der Waals surface area contributed by atoms with Crippen LogP contribution < -0.4 is 35.7 Å². The van der Waals surface area contributed by atoms with E-state index in [0.717, 1.165) is 46.2 Å². The zero-order valence-electron chi connectivity index (χ0n) is 38.7. The van der Waals surface area contributed by atoms with Crippen molar-refractivity contribution in [3.8, 4) is 11.5 Å². The van der Waals surface area contributed by atoms with Crippen LogP contribution in [-0.2, 0) is 16.2 Å². The third kappa shape index (κ3) is 6.26. The number of nitrogens with zero attached hydrogens (tertiary/aromatic N) is 2. The van der Waals surface area contributed by atoms with Gasteiger partial charge in [0.25, 0.3) is 6.71 Å². The van der Waals surface area contributed by atoms with E-state index in [0.29, 0.717) is 13.2 Å². The van der Waals surface area contributed by atoms with Crippen LogP contribution in [0.4, 0.5) is 34.3 Å². The summed E-state index contributed by atoms with van der Waals surface area (Å²) in [5.41, 5.74) is 20.5. The topological polar surface area (TPSA) is 38.1 Å². The van der Waals surface area contributed by atoms with Gasteiger partial charge in [0, 0.05) is 39.9 Å². The van der Waals surface area contributed by atoms with Crippen LogP contribution in [0.25, 0.3) is 11.0 Å². The van der Waals surface area contributed by atoms with Crippen molar-refractivity contribution in [1.29, 1.82) is 0 Å². The average Bonchev–Trinajstić information content (AvgIpc) is 3.37. The number of rotatable bonds is 3. The molecule has 0 N–H and O–H groups in total. The first-order chi connectivity index (χ1) is 28.1. The van der Waals surface area contributed by atoms with Crippen molar-refractivity contribution >= 4 is 68.4 Å². The SMILES string of the molecule is Cc1cc(C(C)(C)C)cc(C)c1N1c2cc(C(C)C)cc3c2B(c2cc(C(C)(C)C)ccc2N3c2c(C)cc3c(c2C)OCCCO3)c2c1oc1ccc(C(C)(C)C)cc21. The maximum atomic E-state index is 7.30. The van der Waals surface area contributed by atoms with Crippen molar-refractivity contribution in [2.45, 2.75) is 132 Å². The molecule has 0 unspecified atom stereocenters. The number of ether oxygens (including phenoxy) is 2. The van der Waals surface area contributed by atoms with Gasteiger partial charge in [0.05, 0.1) is 24.6 Å². The van der Waals surface area contributed by atoms with Crippen molar-refractivity contribution in [1.82, 2.24) is 0 Å². The predicted octanol–water partition coefficient (Wildman–Crippen LogP) is 12.9. The third-order valence-corrected chi connectivity index (χ3v) is 13.3. The van der Waals surface area contributed by atoms with Gasteiger partial charge in [-0.2, -0.15) is 0 Å². The average molecular weight is 799 g/mol. The molecule has 0 saturated carbocycles. The van der Waals surface area contributed by atoms with Gasteiger partial charge in [0.1, 0.15) is 5.58 Å². The molecule has 0 radical (unpaired) electrons. The molecule has 3 aliphatic heterocycles. The summed E-state index contributed by atoms with van der Waals surface area (Å²) in [4.78, 5) is 5.06. The number of anilines is 6. The third-order valence-electron chi connectivity index (χ3n) is 13.3. The number of fused-ring (bicyclic) bond motifs is 7. The van der Waals surface area contributed by atoms with Crippen LogP contribution >= 0.6 is 0 Å². The molecule has 0 spiro atoms. The first-order valence-electron chi connectivity index (χ1n) is 22.2. The minimum atomic E-state index is -0.0806. The van der Waals surface area contributed by atoms with Crippen LogP contribution in [0.3, 0.4) is 0 Å². The zero-order chi connectivity index (χ0) is 43.0. The molecule has 0 aliphatic carbocycles. The summed E-state index contributed by atoms with van der Waals surface area (Å²) >= 11 is 0. The van der Waals surface area contributed by atoms with E-state index in [4.69, 9.17) is 13.9 Å². The Balaban J connectivity index is 1.46. The molecule has 0 atom stereocenters. The Bertz CT molecular complexity index is 2710. The van der Waals surface area contributed by atoms with E-state index in [-0.39, 0.29) is 28.9 Å². The van der Waals surface area contributed by atoms with Gasteiger partial charge >= 0.3 is 0 Å². The molecule has 3 aliphatic rings. The molecule has 1 aromatic heterocycles. The first-order valence-corrected chi connectivity index (χ1v) is 22.2. The molecule has 0 amide bonds. The van der Waals surface area contributed by atoms with Gasteiger partial charge in [0.2, 0.25) is 5.88 Å². The number of hydrogen-bond acceptors (Lipinski definition) is 5. The second kappa shape index (κ2) is 13.7. The lowest BCUT2D eigenvalue weighted by Gasteiger charge is -2.44. The molecule has 4 heterocycles. The first kappa shape index (κ1) is 40.3. The second-order valence-electron chi connectivity index (χ2n) is 21.3. The summed E-state index contributed by atoms with van der Waals surface area (Å²) in [5.74, 6) is 2.88. The Kier molecular flexibility index (Phi) is 9.21. The highest BCUT2D eigenvalue weighted by molar-refractivity contribution is 7.01. The summed E-state index contributed by atoms with van der Waals surface area (Å²) in [6.07, 6.45) is 0.861. The van der Waals surface area contributed by atoms with Crippen LogP contribution in [-0.4, -0.2) is 19.9 Å². The summed E-state index contributed by atoms with van der Waals surface area (Å²) in [7, 11) is 0. The predicted molar refractivity (Wildman–Crippen MR) is 255 cm³/mol. The van der Waals surface area contributed by atoms with Gasteiger partial charge in [0.15, 0.2) is 11.5 Å². The molecule has 310 valence electrons. The number of benzene rings is 5. The molecular formula is C54H63BN2O3. The molecule has 5 aromatic carbocycles. The fourth-order valence-electron chi connectivity index (χ4n) is 9.98. The molecule has 0 saturated heterocycles. The van der Waals surface area contributed by atoms with Crippen molar-refractivity contribution in [3.63, 3.8) is 0 Å². The molecule has 6 aromatic rings. The van der Waals surface area contributed by atoms with Gasteiger partial charge in [-0.3, -0.25) is 4.90 Å². The van der Waals surface area contributed by atoms with E-state index in [9.17, 15) is 0 Å². The van der Waals surface area contributed by atoms with Crippen LogP contribution in [0.2, 0.25) is 0 Å². The molecule has 5 nitrogen and oxygen atoms in total. The largest absolute Gasteiger partial charge is 0.490 e. The Morgan fingerprint density at radius 1 is 0.583 bits per heavy atom. The molecule has 6 heteroatoms. The Morgan fingerprint density at radius 3 is 1.80 bits per heavy atom. The van der Waals surface area contributed by atoms with Crippen LogP contribution in [0.1, 0.15) is 133 Å². The Labute approximate surface area is 359 Å². The highest BCUT2D eigenvalue weighted by Crippen LogP contribution is 2.52. The van der Waals surface area contributed by atoms with Crippen LogP contribution in [0, 0.1) is 27.7 Å². The van der Waals surface area contributed by atoms with Crippen molar-refractivity contribution in [3.05, 3.63) is 111 Å². The van der Waals surface area contributed by atoms with E-state index in [1.165, 1.54) is 77.9 Å². The highest BCUT2D eigenvalue weighted by Gasteiger charge is 2.48. The number of aryl methyl sites for hydroxylation is 3. The van der Waals surface area contributed by atoms with Crippen LogP contribution in [0.5, 0.6) is 11.5 Å². The van der Waals surface area contributed by atoms with Gasteiger partial charge < -0.3 is 18.8 Å². The second-order valence-corrected chi connectivity index (χ2v) is 21.3. The fourth-order valence-corrected chi connectivity index (χ4v) is 9.98. The van der Waals surface area contributed by atoms with E-state index in [1.54, 1.807) is 0 Å². The molecule has 9 rings (SSSR count). The lowest BCUT2D eigenvalue weighted by molar-refractivity contribution is 0.296. The molecular weight excluding hydrogens is 735 g/mol.